The second-order valence-electron chi connectivity index (χ2n) is 4.59. The highest BCUT2D eigenvalue weighted by atomic mass is 19.1. The first kappa shape index (κ1) is 10.7. The molecule has 1 aromatic heterocycles. The second-order valence-corrected chi connectivity index (χ2v) is 4.59. The molecule has 2 aromatic rings. The zero-order valence-corrected chi connectivity index (χ0v) is 9.35. The molecule has 90 valence electrons. The van der Waals surface area contributed by atoms with Gasteiger partial charge in [-0.25, -0.2) is 13.8 Å². The smallest absolute Gasteiger partial charge is 0.154 e. The van der Waals surface area contributed by atoms with Gasteiger partial charge in [0.05, 0.1) is 0 Å². The number of rotatable bonds is 1. The van der Waals surface area contributed by atoms with Crippen LogP contribution in [-0.4, -0.2) is 21.7 Å². The third-order valence-electron chi connectivity index (χ3n) is 3.39. The highest BCUT2D eigenvalue weighted by molar-refractivity contribution is 5.79. The zero-order valence-electron chi connectivity index (χ0n) is 9.35. The van der Waals surface area contributed by atoms with Crippen LogP contribution >= 0.6 is 0 Å². The molecule has 1 aliphatic carbocycles. The van der Waals surface area contributed by atoms with Gasteiger partial charge in [-0.05, 0) is 36.8 Å². The van der Waals surface area contributed by atoms with Crippen molar-refractivity contribution >= 4 is 11.0 Å². The fraction of sp³-hybridized carbons (Fsp3) is 0.417. The number of nitrogens with zero attached hydrogens (tertiary/aromatic N) is 1. The third kappa shape index (κ3) is 1.38. The molecule has 3 rings (SSSR count). The Morgan fingerprint density at radius 2 is 1.94 bits per heavy atom. The van der Waals surface area contributed by atoms with Crippen LogP contribution in [0.2, 0.25) is 0 Å². The first-order chi connectivity index (χ1) is 8.11. The van der Waals surface area contributed by atoms with Crippen molar-refractivity contribution < 1.29 is 13.9 Å². The fourth-order valence-electron chi connectivity index (χ4n) is 2.57. The molecule has 1 aromatic carbocycles. The highest BCUT2D eigenvalue weighted by Crippen LogP contribution is 2.35. The van der Waals surface area contributed by atoms with Gasteiger partial charge in [0.1, 0.15) is 16.9 Å². The minimum absolute atomic E-state index is 0.0477. The van der Waals surface area contributed by atoms with E-state index in [1.54, 1.807) is 6.92 Å². The molecule has 3 nitrogen and oxygen atoms in total. The van der Waals surface area contributed by atoms with Gasteiger partial charge in [-0.3, -0.25) is 0 Å². The molecular formula is C12H12F2N2O. The lowest BCUT2D eigenvalue weighted by Gasteiger charge is -2.03. The van der Waals surface area contributed by atoms with E-state index in [1.807, 2.05) is 0 Å². The van der Waals surface area contributed by atoms with Crippen molar-refractivity contribution in [3.05, 3.63) is 28.6 Å². The van der Waals surface area contributed by atoms with Gasteiger partial charge in [0.15, 0.2) is 11.6 Å². The molecule has 1 aliphatic rings. The topological polar surface area (TPSA) is 48.9 Å². The van der Waals surface area contributed by atoms with Crippen molar-refractivity contribution in [1.29, 1.82) is 0 Å². The molecule has 0 radical (unpaired) electrons. The Labute approximate surface area is 96.5 Å². The van der Waals surface area contributed by atoms with Gasteiger partial charge in [-0.2, -0.15) is 0 Å². The van der Waals surface area contributed by atoms with E-state index in [2.05, 4.69) is 9.97 Å². The SMILES string of the molecule is Cc1nc2c(F)c3c(c(F)c2[nH]1)CC(CO)C3. The first-order valence-electron chi connectivity index (χ1n) is 5.57. The van der Waals surface area contributed by atoms with Crippen molar-refractivity contribution in [2.45, 2.75) is 19.8 Å². The first-order valence-corrected chi connectivity index (χ1v) is 5.57. The molecule has 1 atom stereocenters. The van der Waals surface area contributed by atoms with Crippen molar-refractivity contribution in [3.63, 3.8) is 0 Å². The number of aliphatic hydroxyl groups excluding tert-OH is 1. The van der Waals surface area contributed by atoms with Crippen LogP contribution in [0.5, 0.6) is 0 Å². The summed E-state index contributed by atoms with van der Waals surface area (Å²) in [5, 5.41) is 9.08. The Balaban J connectivity index is 2.30. The molecule has 1 heterocycles. The van der Waals surface area contributed by atoms with Crippen LogP contribution < -0.4 is 0 Å². The van der Waals surface area contributed by atoms with Gasteiger partial charge in [0.25, 0.3) is 0 Å². The van der Waals surface area contributed by atoms with Crippen LogP contribution in [0.4, 0.5) is 8.78 Å². The largest absolute Gasteiger partial charge is 0.396 e. The van der Waals surface area contributed by atoms with Gasteiger partial charge in [0.2, 0.25) is 0 Å². The summed E-state index contributed by atoms with van der Waals surface area (Å²) >= 11 is 0. The van der Waals surface area contributed by atoms with Gasteiger partial charge < -0.3 is 10.1 Å². The van der Waals surface area contributed by atoms with Crippen LogP contribution in [-0.2, 0) is 12.8 Å². The number of aryl methyl sites for hydroxylation is 1. The number of aliphatic hydroxyl groups is 1. The maximum atomic E-state index is 14.2. The van der Waals surface area contributed by atoms with E-state index in [0.29, 0.717) is 29.8 Å². The second kappa shape index (κ2) is 3.50. The van der Waals surface area contributed by atoms with E-state index in [-0.39, 0.29) is 23.6 Å². The van der Waals surface area contributed by atoms with Crippen molar-refractivity contribution in [2.75, 3.05) is 6.61 Å². The van der Waals surface area contributed by atoms with Gasteiger partial charge in [-0.1, -0.05) is 0 Å². The number of benzene rings is 1. The van der Waals surface area contributed by atoms with E-state index in [4.69, 9.17) is 5.11 Å². The number of hydrogen-bond donors (Lipinski definition) is 2. The number of aromatic nitrogens is 2. The Hall–Kier alpha value is -1.49. The van der Waals surface area contributed by atoms with Crippen molar-refractivity contribution in [3.8, 4) is 0 Å². The molecule has 0 aliphatic heterocycles. The highest BCUT2D eigenvalue weighted by Gasteiger charge is 2.30. The lowest BCUT2D eigenvalue weighted by atomic mass is 10.1. The Morgan fingerprint density at radius 1 is 1.29 bits per heavy atom. The summed E-state index contributed by atoms with van der Waals surface area (Å²) in [7, 11) is 0. The summed E-state index contributed by atoms with van der Waals surface area (Å²) in [6, 6.07) is 0. The molecule has 17 heavy (non-hydrogen) atoms. The predicted octanol–water partition coefficient (Wildman–Crippen LogP) is 1.86. The van der Waals surface area contributed by atoms with Gasteiger partial charge >= 0.3 is 0 Å². The molecule has 1 unspecified atom stereocenters. The quantitative estimate of drug-likeness (QED) is 0.796. The van der Waals surface area contributed by atoms with E-state index in [1.165, 1.54) is 0 Å². The maximum Gasteiger partial charge on any atom is 0.154 e. The summed E-state index contributed by atoms with van der Waals surface area (Å²) in [5.41, 5.74) is 0.966. The van der Waals surface area contributed by atoms with E-state index in [9.17, 15) is 8.78 Å². The van der Waals surface area contributed by atoms with E-state index in [0.717, 1.165) is 0 Å². The van der Waals surface area contributed by atoms with Crippen molar-refractivity contribution in [1.82, 2.24) is 9.97 Å². The average molecular weight is 238 g/mol. The van der Waals surface area contributed by atoms with Crippen LogP contribution in [0.3, 0.4) is 0 Å². The van der Waals surface area contributed by atoms with Gasteiger partial charge in [0, 0.05) is 6.61 Å². The molecule has 2 N–H and O–H groups in total. The Kier molecular flexibility index (Phi) is 2.19. The zero-order chi connectivity index (χ0) is 12.2. The van der Waals surface area contributed by atoms with Crippen molar-refractivity contribution in [2.24, 2.45) is 5.92 Å². The molecule has 0 amide bonds. The molecule has 0 spiro atoms. The number of aromatic amines is 1. The van der Waals surface area contributed by atoms with Gasteiger partial charge in [-0.15, -0.1) is 0 Å². The molecular weight excluding hydrogens is 226 g/mol. The number of H-pyrrole nitrogens is 1. The number of hydrogen-bond acceptors (Lipinski definition) is 2. The third-order valence-corrected chi connectivity index (χ3v) is 3.39. The Bertz CT molecular complexity index is 557. The Morgan fingerprint density at radius 3 is 2.59 bits per heavy atom. The predicted molar refractivity (Wildman–Crippen MR) is 58.7 cm³/mol. The molecule has 0 saturated carbocycles. The maximum absolute atomic E-state index is 14.2. The standard InChI is InChI=1S/C12H12F2N2O/c1-5-15-11-9(13)7-2-6(4-17)3-8(7)10(14)12(11)16-5/h6,17H,2-4H2,1H3,(H,15,16). The van der Waals surface area contributed by atoms with E-state index >= 15 is 0 Å². The number of halogens is 2. The van der Waals surface area contributed by atoms with Crippen LogP contribution in [0.25, 0.3) is 11.0 Å². The summed E-state index contributed by atoms with van der Waals surface area (Å²) in [6.07, 6.45) is 0.777. The summed E-state index contributed by atoms with van der Waals surface area (Å²) in [5.74, 6) is -0.452. The van der Waals surface area contributed by atoms with Crippen LogP contribution in [0.1, 0.15) is 17.0 Å². The van der Waals surface area contributed by atoms with E-state index < -0.39 is 11.6 Å². The lowest BCUT2D eigenvalue weighted by Crippen LogP contribution is -2.04. The van der Waals surface area contributed by atoms with Crippen LogP contribution in [0, 0.1) is 24.5 Å². The number of nitrogens with one attached hydrogen (secondary N) is 1. The lowest BCUT2D eigenvalue weighted by molar-refractivity contribution is 0.231. The monoisotopic (exact) mass is 238 g/mol. The summed E-state index contributed by atoms with van der Waals surface area (Å²) < 4.78 is 28.3. The number of fused-ring (bicyclic) bond motifs is 2. The average Bonchev–Trinajstić information content (AvgIpc) is 2.89. The normalized spacial score (nSPS) is 15.8. The number of imidazole rings is 1. The fourth-order valence-corrected chi connectivity index (χ4v) is 2.57. The molecule has 0 fully saturated rings. The summed E-state index contributed by atoms with van der Waals surface area (Å²) in [6.45, 7) is 1.62. The molecule has 5 heteroatoms. The molecule has 0 saturated heterocycles. The minimum Gasteiger partial charge on any atom is -0.396 e. The molecule has 0 bridgehead atoms. The summed E-state index contributed by atoms with van der Waals surface area (Å²) in [4.78, 5) is 6.71. The minimum atomic E-state index is -0.447. The van der Waals surface area contributed by atoms with Crippen LogP contribution in [0.15, 0.2) is 0 Å².